The number of fused-ring (bicyclic) bond motifs is 1. The van der Waals surface area contributed by atoms with Gasteiger partial charge in [-0.15, -0.1) is 0 Å². The van der Waals surface area contributed by atoms with Gasteiger partial charge in [-0.05, 0) is 50.8 Å². The summed E-state index contributed by atoms with van der Waals surface area (Å²) in [6.45, 7) is 0.762. The van der Waals surface area contributed by atoms with Gasteiger partial charge < -0.3 is 10.5 Å². The molecule has 0 spiro atoms. The van der Waals surface area contributed by atoms with Gasteiger partial charge in [0.15, 0.2) is 0 Å². The van der Waals surface area contributed by atoms with Crippen LogP contribution in [0.1, 0.15) is 22.7 Å². The van der Waals surface area contributed by atoms with Crippen molar-refractivity contribution in [2.75, 3.05) is 6.61 Å². The number of rotatable bonds is 2. The molecule has 0 fully saturated rings. The molecule has 4 heteroatoms. The van der Waals surface area contributed by atoms with E-state index in [9.17, 15) is 0 Å². The maximum absolute atomic E-state index is 6.31. The van der Waals surface area contributed by atoms with E-state index < -0.39 is 0 Å². The number of nitrogens with two attached hydrogens (primary N) is 1. The van der Waals surface area contributed by atoms with Crippen molar-refractivity contribution in [1.82, 2.24) is 0 Å². The highest BCUT2D eigenvalue weighted by Crippen LogP contribution is 2.31. The molecule has 0 radical (unpaired) electrons. The molecular formula is C15H13BrClNO. The summed E-state index contributed by atoms with van der Waals surface area (Å²) in [6, 6.07) is 11.8. The summed E-state index contributed by atoms with van der Waals surface area (Å²) < 4.78 is 6.39. The molecule has 2 N–H and O–H groups in total. The Hall–Kier alpha value is -1.03. The minimum absolute atomic E-state index is 0.170. The Kier molecular flexibility index (Phi) is 3.52. The molecule has 98 valence electrons. The Morgan fingerprint density at radius 2 is 1.89 bits per heavy atom. The third-order valence-electron chi connectivity index (χ3n) is 3.38. The van der Waals surface area contributed by atoms with Crippen molar-refractivity contribution in [3.63, 3.8) is 0 Å². The van der Waals surface area contributed by atoms with E-state index in [1.165, 1.54) is 5.56 Å². The lowest BCUT2D eigenvalue weighted by Gasteiger charge is -2.14. The third-order valence-corrected chi connectivity index (χ3v) is 4.61. The van der Waals surface area contributed by atoms with E-state index >= 15 is 0 Å². The SMILES string of the molecule is NC(c1ccc(Br)c(Cl)c1)c1ccc2c(c1)CCO2. The van der Waals surface area contributed by atoms with Crippen LogP contribution in [-0.4, -0.2) is 6.61 Å². The fourth-order valence-corrected chi connectivity index (χ4v) is 2.73. The van der Waals surface area contributed by atoms with Crippen LogP contribution >= 0.6 is 27.5 Å². The molecule has 1 atom stereocenters. The minimum Gasteiger partial charge on any atom is -0.493 e. The largest absolute Gasteiger partial charge is 0.493 e. The van der Waals surface area contributed by atoms with Gasteiger partial charge in [0.05, 0.1) is 17.7 Å². The van der Waals surface area contributed by atoms with Crippen LogP contribution in [0, 0.1) is 0 Å². The number of hydrogen-bond donors (Lipinski definition) is 1. The van der Waals surface area contributed by atoms with E-state index in [1.54, 1.807) is 0 Å². The summed E-state index contributed by atoms with van der Waals surface area (Å²) in [5, 5.41) is 0.678. The zero-order valence-electron chi connectivity index (χ0n) is 10.2. The molecule has 1 unspecified atom stereocenters. The fraction of sp³-hybridized carbons (Fsp3) is 0.200. The zero-order valence-corrected chi connectivity index (χ0v) is 12.5. The van der Waals surface area contributed by atoms with Crippen molar-refractivity contribution in [1.29, 1.82) is 0 Å². The molecule has 2 nitrogen and oxygen atoms in total. The molecular weight excluding hydrogens is 326 g/mol. The van der Waals surface area contributed by atoms with Gasteiger partial charge in [0.2, 0.25) is 0 Å². The summed E-state index contributed by atoms with van der Waals surface area (Å²) in [4.78, 5) is 0. The quantitative estimate of drug-likeness (QED) is 0.895. The van der Waals surface area contributed by atoms with Gasteiger partial charge in [-0.2, -0.15) is 0 Å². The first kappa shape index (κ1) is 13.0. The third kappa shape index (κ3) is 2.50. The highest BCUT2D eigenvalue weighted by molar-refractivity contribution is 9.10. The van der Waals surface area contributed by atoms with E-state index in [0.29, 0.717) is 5.02 Å². The van der Waals surface area contributed by atoms with Crippen LogP contribution in [-0.2, 0) is 6.42 Å². The monoisotopic (exact) mass is 337 g/mol. The van der Waals surface area contributed by atoms with Crippen LogP contribution in [0.5, 0.6) is 5.75 Å². The smallest absolute Gasteiger partial charge is 0.122 e. The number of ether oxygens (including phenoxy) is 1. The van der Waals surface area contributed by atoms with Gasteiger partial charge in [-0.25, -0.2) is 0 Å². The van der Waals surface area contributed by atoms with Crippen molar-refractivity contribution in [2.45, 2.75) is 12.5 Å². The molecule has 0 saturated carbocycles. The molecule has 1 aliphatic rings. The van der Waals surface area contributed by atoms with Gasteiger partial charge in [0.1, 0.15) is 5.75 Å². The van der Waals surface area contributed by atoms with E-state index in [2.05, 4.69) is 22.0 Å². The first-order chi connectivity index (χ1) is 9.15. The molecule has 0 bridgehead atoms. The van der Waals surface area contributed by atoms with Crippen molar-refractivity contribution in [3.8, 4) is 5.75 Å². The van der Waals surface area contributed by atoms with Crippen LogP contribution in [0.25, 0.3) is 0 Å². The van der Waals surface area contributed by atoms with Crippen molar-refractivity contribution in [3.05, 3.63) is 62.6 Å². The maximum atomic E-state index is 6.31. The molecule has 0 aliphatic carbocycles. The van der Waals surface area contributed by atoms with E-state index in [1.807, 2.05) is 30.3 Å². The average Bonchev–Trinajstić information content (AvgIpc) is 2.88. The first-order valence-corrected chi connectivity index (χ1v) is 7.28. The van der Waals surface area contributed by atoms with Gasteiger partial charge in [-0.1, -0.05) is 29.8 Å². The molecule has 2 aromatic rings. The van der Waals surface area contributed by atoms with Crippen molar-refractivity contribution in [2.24, 2.45) is 5.73 Å². The topological polar surface area (TPSA) is 35.2 Å². The highest BCUT2D eigenvalue weighted by atomic mass is 79.9. The lowest BCUT2D eigenvalue weighted by molar-refractivity contribution is 0.357. The Labute approximate surface area is 125 Å². The lowest BCUT2D eigenvalue weighted by atomic mass is 9.97. The average molecular weight is 339 g/mol. The van der Waals surface area contributed by atoms with Gasteiger partial charge in [0.25, 0.3) is 0 Å². The summed E-state index contributed by atoms with van der Waals surface area (Å²) in [5.41, 5.74) is 9.64. The summed E-state index contributed by atoms with van der Waals surface area (Å²) >= 11 is 9.50. The van der Waals surface area contributed by atoms with Gasteiger partial charge >= 0.3 is 0 Å². The van der Waals surface area contributed by atoms with Crippen molar-refractivity contribution >= 4 is 27.5 Å². The fourth-order valence-electron chi connectivity index (χ4n) is 2.30. The van der Waals surface area contributed by atoms with Crippen LogP contribution in [0.2, 0.25) is 5.02 Å². The second-order valence-electron chi connectivity index (χ2n) is 4.62. The molecule has 2 aromatic carbocycles. The van der Waals surface area contributed by atoms with Crippen LogP contribution in [0.15, 0.2) is 40.9 Å². The Morgan fingerprint density at radius 3 is 2.68 bits per heavy atom. The standard InChI is InChI=1S/C15H13BrClNO/c16-12-3-1-11(8-13(12)17)15(18)10-2-4-14-9(7-10)5-6-19-14/h1-4,7-8,15H,5-6,18H2. The first-order valence-electron chi connectivity index (χ1n) is 6.11. The molecule has 1 aliphatic heterocycles. The van der Waals surface area contributed by atoms with E-state index in [0.717, 1.165) is 34.4 Å². The molecule has 19 heavy (non-hydrogen) atoms. The van der Waals surface area contributed by atoms with E-state index in [-0.39, 0.29) is 6.04 Å². The van der Waals surface area contributed by atoms with Gasteiger partial charge in [-0.3, -0.25) is 0 Å². The predicted octanol–water partition coefficient (Wildman–Crippen LogP) is 4.09. The number of hydrogen-bond acceptors (Lipinski definition) is 2. The molecule has 1 heterocycles. The summed E-state index contributed by atoms with van der Waals surface area (Å²) in [7, 11) is 0. The van der Waals surface area contributed by atoms with Gasteiger partial charge in [0, 0.05) is 10.9 Å². The zero-order chi connectivity index (χ0) is 13.4. The van der Waals surface area contributed by atoms with Crippen LogP contribution in [0.4, 0.5) is 0 Å². The normalized spacial score (nSPS) is 14.9. The van der Waals surface area contributed by atoms with Crippen LogP contribution in [0.3, 0.4) is 0 Å². The molecule has 3 rings (SSSR count). The minimum atomic E-state index is -0.170. The second-order valence-corrected chi connectivity index (χ2v) is 5.88. The number of benzene rings is 2. The van der Waals surface area contributed by atoms with E-state index in [4.69, 9.17) is 22.1 Å². The number of halogens is 2. The highest BCUT2D eigenvalue weighted by Gasteiger charge is 2.16. The summed E-state index contributed by atoms with van der Waals surface area (Å²) in [6.07, 6.45) is 0.955. The summed E-state index contributed by atoms with van der Waals surface area (Å²) in [5.74, 6) is 0.977. The molecule has 0 saturated heterocycles. The van der Waals surface area contributed by atoms with Crippen LogP contribution < -0.4 is 10.5 Å². The lowest BCUT2D eigenvalue weighted by Crippen LogP contribution is -2.12. The molecule has 0 aromatic heterocycles. The second kappa shape index (κ2) is 5.16. The maximum Gasteiger partial charge on any atom is 0.122 e. The Morgan fingerprint density at radius 1 is 1.16 bits per heavy atom. The Bertz CT molecular complexity index is 630. The Balaban J connectivity index is 1.94. The predicted molar refractivity (Wildman–Crippen MR) is 80.8 cm³/mol. The molecule has 0 amide bonds. The van der Waals surface area contributed by atoms with Crippen molar-refractivity contribution < 1.29 is 4.74 Å².